The van der Waals surface area contributed by atoms with Gasteiger partial charge in [0.05, 0.1) is 11.1 Å². The van der Waals surface area contributed by atoms with Crippen molar-refractivity contribution in [2.45, 2.75) is 27.7 Å². The lowest BCUT2D eigenvalue weighted by Gasteiger charge is -2.11. The first-order valence-corrected chi connectivity index (χ1v) is 7.68. The summed E-state index contributed by atoms with van der Waals surface area (Å²) in [7, 11) is 0. The van der Waals surface area contributed by atoms with Crippen molar-refractivity contribution >= 4 is 0 Å². The molecule has 0 unspecified atom stereocenters. The molecule has 5 heteroatoms. The predicted octanol–water partition coefficient (Wildman–Crippen LogP) is 3.85. The summed E-state index contributed by atoms with van der Waals surface area (Å²) < 4.78 is 0. The van der Waals surface area contributed by atoms with Gasteiger partial charge < -0.3 is 10.2 Å². The number of hydrogen-bond acceptors (Lipinski definition) is 5. The zero-order chi connectivity index (χ0) is 17.4. The Morgan fingerprint density at radius 3 is 1.50 bits per heavy atom. The van der Waals surface area contributed by atoms with E-state index in [0.29, 0.717) is 22.8 Å². The smallest absolute Gasteiger partial charge is 0.167 e. The molecular formula is C19H19N3O2. The van der Waals surface area contributed by atoms with Gasteiger partial charge in [-0.15, -0.1) is 0 Å². The van der Waals surface area contributed by atoms with Crippen LogP contribution in [0.1, 0.15) is 22.3 Å². The molecule has 0 radical (unpaired) electrons. The maximum Gasteiger partial charge on any atom is 0.167 e. The molecule has 0 aliphatic rings. The van der Waals surface area contributed by atoms with Crippen LogP contribution in [0.2, 0.25) is 0 Å². The van der Waals surface area contributed by atoms with Gasteiger partial charge in [-0.1, -0.05) is 12.1 Å². The third-order valence-corrected chi connectivity index (χ3v) is 4.46. The van der Waals surface area contributed by atoms with E-state index in [1.165, 1.54) is 6.33 Å². The number of nitrogens with zero attached hydrogens (tertiary/aromatic N) is 3. The first-order chi connectivity index (χ1) is 11.4. The number of hydrogen-bond donors (Lipinski definition) is 2. The number of aryl methyl sites for hydroxylation is 2. The lowest BCUT2D eigenvalue weighted by Crippen LogP contribution is -1.97. The second-order valence-electron chi connectivity index (χ2n) is 5.94. The van der Waals surface area contributed by atoms with E-state index >= 15 is 0 Å². The fourth-order valence-electron chi connectivity index (χ4n) is 2.52. The second kappa shape index (κ2) is 5.92. The zero-order valence-corrected chi connectivity index (χ0v) is 14.1. The quantitative estimate of drug-likeness (QED) is 0.749. The Kier molecular flexibility index (Phi) is 3.93. The maximum atomic E-state index is 10.4. The van der Waals surface area contributed by atoms with Crippen LogP contribution in [0, 0.1) is 27.7 Å². The van der Waals surface area contributed by atoms with Gasteiger partial charge in [0.25, 0.3) is 0 Å². The van der Waals surface area contributed by atoms with Crippen LogP contribution >= 0.6 is 0 Å². The highest BCUT2D eigenvalue weighted by atomic mass is 16.3. The van der Waals surface area contributed by atoms with E-state index in [-0.39, 0.29) is 11.5 Å². The largest absolute Gasteiger partial charge is 0.507 e. The van der Waals surface area contributed by atoms with Crippen molar-refractivity contribution in [1.82, 2.24) is 15.0 Å². The number of aromatic hydroxyl groups is 2. The predicted molar refractivity (Wildman–Crippen MR) is 93.0 cm³/mol. The molecule has 0 atom stereocenters. The Hall–Kier alpha value is -2.95. The Bertz CT molecular complexity index is 863. The van der Waals surface area contributed by atoms with Crippen LogP contribution in [-0.2, 0) is 0 Å². The molecule has 1 aromatic heterocycles. The average Bonchev–Trinajstić information content (AvgIpc) is 2.58. The highest BCUT2D eigenvalue weighted by Crippen LogP contribution is 2.34. The van der Waals surface area contributed by atoms with Crippen molar-refractivity contribution in [2.75, 3.05) is 0 Å². The van der Waals surface area contributed by atoms with Crippen LogP contribution in [0.15, 0.2) is 30.6 Å². The topological polar surface area (TPSA) is 79.1 Å². The minimum atomic E-state index is 0.163. The van der Waals surface area contributed by atoms with Gasteiger partial charge in [0, 0.05) is 0 Å². The van der Waals surface area contributed by atoms with Crippen LogP contribution in [0.4, 0.5) is 0 Å². The summed E-state index contributed by atoms with van der Waals surface area (Å²) in [5.41, 5.74) is 4.68. The minimum absolute atomic E-state index is 0.163. The summed E-state index contributed by atoms with van der Waals surface area (Å²) in [4.78, 5) is 12.8. The van der Waals surface area contributed by atoms with Gasteiger partial charge in [-0.3, -0.25) is 0 Å². The van der Waals surface area contributed by atoms with Gasteiger partial charge in [-0.25, -0.2) is 15.0 Å². The fourth-order valence-corrected chi connectivity index (χ4v) is 2.52. The van der Waals surface area contributed by atoms with Crippen molar-refractivity contribution in [3.63, 3.8) is 0 Å². The molecule has 2 aromatic carbocycles. The van der Waals surface area contributed by atoms with Gasteiger partial charge in [-0.05, 0) is 62.1 Å². The maximum absolute atomic E-state index is 10.4. The molecule has 5 nitrogen and oxygen atoms in total. The molecule has 122 valence electrons. The van der Waals surface area contributed by atoms with Crippen molar-refractivity contribution < 1.29 is 10.2 Å². The number of aromatic nitrogens is 3. The van der Waals surface area contributed by atoms with E-state index in [9.17, 15) is 10.2 Å². The van der Waals surface area contributed by atoms with E-state index in [4.69, 9.17) is 0 Å². The Balaban J connectivity index is 2.15. The molecular weight excluding hydrogens is 302 g/mol. The van der Waals surface area contributed by atoms with Gasteiger partial charge in [0.15, 0.2) is 11.6 Å². The molecule has 0 aliphatic carbocycles. The van der Waals surface area contributed by atoms with Crippen molar-refractivity contribution in [2.24, 2.45) is 0 Å². The average molecular weight is 321 g/mol. The molecule has 0 spiro atoms. The standard InChI is InChI=1S/C19H19N3O2/c1-10-5-7-14(16(23)12(10)3)18-20-9-21-19(22-18)15-8-6-11(2)13(4)17(15)24/h5-9,23-24H,1-4H3. The molecule has 24 heavy (non-hydrogen) atoms. The van der Waals surface area contributed by atoms with E-state index in [1.54, 1.807) is 12.1 Å². The molecule has 0 fully saturated rings. The van der Waals surface area contributed by atoms with Crippen molar-refractivity contribution in [1.29, 1.82) is 0 Å². The molecule has 0 aliphatic heterocycles. The van der Waals surface area contributed by atoms with Crippen LogP contribution < -0.4 is 0 Å². The highest BCUT2D eigenvalue weighted by molar-refractivity contribution is 5.71. The summed E-state index contributed by atoms with van der Waals surface area (Å²) in [6.45, 7) is 7.58. The van der Waals surface area contributed by atoms with E-state index in [1.807, 2.05) is 39.8 Å². The summed E-state index contributed by atoms with van der Waals surface area (Å²) in [6, 6.07) is 7.41. The Morgan fingerprint density at radius 1 is 0.667 bits per heavy atom. The molecule has 3 rings (SSSR count). The third-order valence-electron chi connectivity index (χ3n) is 4.46. The van der Waals surface area contributed by atoms with Crippen LogP contribution in [0.5, 0.6) is 11.5 Å². The molecule has 0 amide bonds. The van der Waals surface area contributed by atoms with Crippen LogP contribution in [0.25, 0.3) is 22.8 Å². The Morgan fingerprint density at radius 2 is 1.08 bits per heavy atom. The minimum Gasteiger partial charge on any atom is -0.507 e. The summed E-state index contributed by atoms with van der Waals surface area (Å²) in [5.74, 6) is 1.07. The monoisotopic (exact) mass is 321 g/mol. The lowest BCUT2D eigenvalue weighted by atomic mass is 10.0. The number of phenols is 2. The highest BCUT2D eigenvalue weighted by Gasteiger charge is 2.15. The first kappa shape index (κ1) is 15.9. The second-order valence-corrected chi connectivity index (χ2v) is 5.94. The fraction of sp³-hybridized carbons (Fsp3) is 0.211. The first-order valence-electron chi connectivity index (χ1n) is 7.68. The number of rotatable bonds is 2. The van der Waals surface area contributed by atoms with E-state index in [2.05, 4.69) is 15.0 Å². The van der Waals surface area contributed by atoms with Gasteiger partial charge >= 0.3 is 0 Å². The molecule has 0 bridgehead atoms. The Labute approximate surface area is 140 Å². The normalized spacial score (nSPS) is 10.8. The molecule has 3 aromatic rings. The third kappa shape index (κ3) is 2.58. The lowest BCUT2D eigenvalue weighted by molar-refractivity contribution is 0.472. The number of benzene rings is 2. The van der Waals surface area contributed by atoms with Gasteiger partial charge in [-0.2, -0.15) is 0 Å². The zero-order valence-electron chi connectivity index (χ0n) is 14.1. The molecule has 1 heterocycles. The summed E-state index contributed by atoms with van der Waals surface area (Å²) >= 11 is 0. The molecule has 2 N–H and O–H groups in total. The van der Waals surface area contributed by atoms with Crippen LogP contribution in [-0.4, -0.2) is 25.2 Å². The van der Waals surface area contributed by atoms with Crippen LogP contribution in [0.3, 0.4) is 0 Å². The van der Waals surface area contributed by atoms with Gasteiger partial charge in [0.1, 0.15) is 17.8 Å². The molecule has 0 saturated heterocycles. The summed E-state index contributed by atoms with van der Waals surface area (Å²) in [6.07, 6.45) is 1.39. The van der Waals surface area contributed by atoms with Gasteiger partial charge in [0.2, 0.25) is 0 Å². The van der Waals surface area contributed by atoms with E-state index < -0.39 is 0 Å². The van der Waals surface area contributed by atoms with Crippen molar-refractivity contribution in [3.8, 4) is 34.3 Å². The van der Waals surface area contributed by atoms with Crippen molar-refractivity contribution in [3.05, 3.63) is 52.8 Å². The molecule has 0 saturated carbocycles. The van der Waals surface area contributed by atoms with E-state index in [0.717, 1.165) is 22.3 Å². The SMILES string of the molecule is Cc1ccc(-c2ncnc(-c3ccc(C)c(C)c3O)n2)c(O)c1C. The summed E-state index contributed by atoms with van der Waals surface area (Å²) in [5, 5.41) is 20.8. The number of phenolic OH excluding ortho intramolecular Hbond substituents is 2.